The first-order valence-corrected chi connectivity index (χ1v) is 1.83. The van der Waals surface area contributed by atoms with Crippen molar-refractivity contribution in [3.05, 3.63) is 0 Å². The van der Waals surface area contributed by atoms with Crippen molar-refractivity contribution in [3.8, 4) is 6.07 Å². The van der Waals surface area contributed by atoms with E-state index in [9.17, 15) is 0 Å². The summed E-state index contributed by atoms with van der Waals surface area (Å²) in [6.45, 7) is 0. The first-order valence-electron chi connectivity index (χ1n) is 1.83. The summed E-state index contributed by atoms with van der Waals surface area (Å²) in [6, 6.07) is 2.14. The minimum absolute atomic E-state index is 0. The van der Waals surface area contributed by atoms with E-state index < -0.39 is 0 Å². The van der Waals surface area contributed by atoms with E-state index in [1.165, 1.54) is 0 Å². The lowest BCUT2D eigenvalue weighted by molar-refractivity contribution is 1.13. The van der Waals surface area contributed by atoms with Crippen LogP contribution in [0.1, 0.15) is 12.8 Å². The standard InChI is InChI=1S/C4H5N.H3N/c5-3-4-1-2-4;/h4H,1-2H2;1H3. The summed E-state index contributed by atoms with van der Waals surface area (Å²) in [6.07, 6.45) is 2.30. The van der Waals surface area contributed by atoms with Gasteiger partial charge in [-0.15, -0.1) is 0 Å². The molecule has 0 spiro atoms. The van der Waals surface area contributed by atoms with Crippen LogP contribution in [0.25, 0.3) is 0 Å². The SMILES string of the molecule is N.N#CC1CC1. The molecule has 0 aromatic rings. The van der Waals surface area contributed by atoms with E-state index in [-0.39, 0.29) is 6.15 Å². The first kappa shape index (κ1) is 5.45. The fourth-order valence-corrected chi connectivity index (χ4v) is 0.212. The highest BCUT2D eigenvalue weighted by Gasteiger charge is 2.19. The van der Waals surface area contributed by atoms with E-state index in [0.717, 1.165) is 12.8 Å². The van der Waals surface area contributed by atoms with Gasteiger partial charge in [0.05, 0.1) is 6.07 Å². The summed E-state index contributed by atoms with van der Waals surface area (Å²) in [5, 5.41) is 7.96. The first-order chi connectivity index (χ1) is 2.43. The number of hydrogen-bond donors (Lipinski definition) is 1. The van der Waals surface area contributed by atoms with Crippen molar-refractivity contribution in [2.75, 3.05) is 0 Å². The van der Waals surface area contributed by atoms with Gasteiger partial charge in [-0.3, -0.25) is 0 Å². The van der Waals surface area contributed by atoms with Crippen molar-refractivity contribution in [2.45, 2.75) is 12.8 Å². The van der Waals surface area contributed by atoms with Gasteiger partial charge in [-0.2, -0.15) is 5.26 Å². The number of rotatable bonds is 0. The molecule has 1 aliphatic rings. The van der Waals surface area contributed by atoms with Crippen molar-refractivity contribution >= 4 is 0 Å². The molecule has 0 saturated heterocycles. The molecule has 0 heterocycles. The monoisotopic (exact) mass is 84.1 g/mol. The van der Waals surface area contributed by atoms with Crippen molar-refractivity contribution in [2.24, 2.45) is 5.92 Å². The Morgan fingerprint density at radius 3 is 2.00 bits per heavy atom. The van der Waals surface area contributed by atoms with Crippen LogP contribution in [0.2, 0.25) is 0 Å². The molecular formula is C4H8N2. The Labute approximate surface area is 37.4 Å². The molecule has 0 bridgehead atoms. The summed E-state index contributed by atoms with van der Waals surface area (Å²) in [5.74, 6) is 0.440. The predicted octanol–water partition coefficient (Wildman–Crippen LogP) is 1.08. The van der Waals surface area contributed by atoms with Crippen LogP contribution in [0.5, 0.6) is 0 Å². The molecule has 0 amide bonds. The number of nitriles is 1. The zero-order valence-electron chi connectivity index (χ0n) is 3.65. The smallest absolute Gasteiger partial charge is 0.0655 e. The Balaban J connectivity index is 0.000000250. The van der Waals surface area contributed by atoms with Crippen LogP contribution >= 0.6 is 0 Å². The van der Waals surface area contributed by atoms with E-state index >= 15 is 0 Å². The van der Waals surface area contributed by atoms with Gasteiger partial charge in [0.15, 0.2) is 0 Å². The molecule has 2 nitrogen and oxygen atoms in total. The average Bonchev–Trinajstić information content (AvgIpc) is 2.12. The second-order valence-corrected chi connectivity index (χ2v) is 1.40. The van der Waals surface area contributed by atoms with Crippen molar-refractivity contribution in [1.82, 2.24) is 6.15 Å². The van der Waals surface area contributed by atoms with Gasteiger partial charge in [0.2, 0.25) is 0 Å². The molecule has 1 rings (SSSR count). The maximum Gasteiger partial charge on any atom is 0.0655 e. The van der Waals surface area contributed by atoms with Gasteiger partial charge < -0.3 is 6.15 Å². The molecule has 1 aliphatic carbocycles. The van der Waals surface area contributed by atoms with Crippen molar-refractivity contribution in [1.29, 1.82) is 5.26 Å². The van der Waals surface area contributed by atoms with Crippen LogP contribution in [0.3, 0.4) is 0 Å². The summed E-state index contributed by atoms with van der Waals surface area (Å²) in [5.41, 5.74) is 0. The fraction of sp³-hybridized carbons (Fsp3) is 0.750. The predicted molar refractivity (Wildman–Crippen MR) is 23.4 cm³/mol. The highest BCUT2D eigenvalue weighted by Crippen LogP contribution is 2.26. The zero-order valence-corrected chi connectivity index (χ0v) is 3.65. The van der Waals surface area contributed by atoms with Gasteiger partial charge in [-0.1, -0.05) is 0 Å². The fourth-order valence-electron chi connectivity index (χ4n) is 0.212. The van der Waals surface area contributed by atoms with Crippen molar-refractivity contribution < 1.29 is 0 Å². The quantitative estimate of drug-likeness (QED) is 0.477. The van der Waals surface area contributed by atoms with Gasteiger partial charge >= 0.3 is 0 Å². The van der Waals surface area contributed by atoms with Crippen LogP contribution in [0, 0.1) is 17.2 Å². The number of nitrogens with zero attached hydrogens (tertiary/aromatic N) is 1. The van der Waals surface area contributed by atoms with Gasteiger partial charge in [0.25, 0.3) is 0 Å². The third-order valence-electron chi connectivity index (χ3n) is 0.760. The minimum atomic E-state index is 0. The molecule has 6 heavy (non-hydrogen) atoms. The third kappa shape index (κ3) is 1.05. The maximum absolute atomic E-state index is 7.96. The Hall–Kier alpha value is -0.550. The summed E-state index contributed by atoms with van der Waals surface area (Å²) in [7, 11) is 0. The lowest BCUT2D eigenvalue weighted by Crippen LogP contribution is -1.52. The van der Waals surface area contributed by atoms with E-state index in [1.54, 1.807) is 0 Å². The highest BCUT2D eigenvalue weighted by atomic mass is 14.3. The molecular weight excluding hydrogens is 76.1 g/mol. The van der Waals surface area contributed by atoms with Crippen LogP contribution in [-0.4, -0.2) is 0 Å². The van der Waals surface area contributed by atoms with Gasteiger partial charge in [0, 0.05) is 5.92 Å². The zero-order chi connectivity index (χ0) is 3.70. The average molecular weight is 84.1 g/mol. The highest BCUT2D eigenvalue weighted by molar-refractivity contribution is 4.92. The molecule has 0 radical (unpaired) electrons. The molecule has 3 N–H and O–H groups in total. The summed E-state index contributed by atoms with van der Waals surface area (Å²) >= 11 is 0. The molecule has 1 fully saturated rings. The lowest BCUT2D eigenvalue weighted by Gasteiger charge is -1.51. The van der Waals surface area contributed by atoms with Crippen molar-refractivity contribution in [3.63, 3.8) is 0 Å². The van der Waals surface area contributed by atoms with Gasteiger partial charge in [0.1, 0.15) is 0 Å². The van der Waals surface area contributed by atoms with Gasteiger partial charge in [-0.05, 0) is 12.8 Å². The minimum Gasteiger partial charge on any atom is -0.344 e. The Morgan fingerprint density at radius 1 is 1.50 bits per heavy atom. The molecule has 0 aromatic heterocycles. The molecule has 0 atom stereocenters. The second kappa shape index (κ2) is 1.78. The maximum atomic E-state index is 7.96. The van der Waals surface area contributed by atoms with E-state index in [0.29, 0.717) is 5.92 Å². The summed E-state index contributed by atoms with van der Waals surface area (Å²) < 4.78 is 0. The topological polar surface area (TPSA) is 58.8 Å². The number of hydrogen-bond acceptors (Lipinski definition) is 2. The Bertz CT molecular complexity index is 68.1. The lowest BCUT2D eigenvalue weighted by atomic mass is 10.5. The second-order valence-electron chi connectivity index (χ2n) is 1.40. The van der Waals surface area contributed by atoms with Gasteiger partial charge in [-0.25, -0.2) is 0 Å². The summed E-state index contributed by atoms with van der Waals surface area (Å²) in [4.78, 5) is 0. The van der Waals surface area contributed by atoms with Crippen LogP contribution < -0.4 is 6.15 Å². The van der Waals surface area contributed by atoms with Crippen LogP contribution in [0.15, 0.2) is 0 Å². The molecule has 1 saturated carbocycles. The van der Waals surface area contributed by atoms with E-state index in [1.807, 2.05) is 0 Å². The van der Waals surface area contributed by atoms with E-state index in [2.05, 4.69) is 6.07 Å². The molecule has 0 unspecified atom stereocenters. The Kier molecular flexibility index (Phi) is 1.62. The molecule has 34 valence electrons. The normalized spacial score (nSPS) is 17.8. The Morgan fingerprint density at radius 2 is 2.00 bits per heavy atom. The van der Waals surface area contributed by atoms with Crippen LogP contribution in [0.4, 0.5) is 0 Å². The third-order valence-corrected chi connectivity index (χ3v) is 0.760. The molecule has 0 aromatic carbocycles. The van der Waals surface area contributed by atoms with E-state index in [4.69, 9.17) is 5.26 Å². The molecule has 0 aliphatic heterocycles. The largest absolute Gasteiger partial charge is 0.344 e. The van der Waals surface area contributed by atoms with Crippen LogP contribution in [-0.2, 0) is 0 Å². The molecule has 2 heteroatoms.